The number of carbonyl (C=O) groups is 2. The topological polar surface area (TPSA) is 106 Å². The van der Waals surface area contributed by atoms with E-state index in [1.54, 1.807) is 59.8 Å². The Bertz CT molecular complexity index is 2770. The third-order valence-electron chi connectivity index (χ3n) is 11.2. The second kappa shape index (κ2) is 20.1. The molecule has 2 aliphatic rings. The van der Waals surface area contributed by atoms with Gasteiger partial charge in [-0.05, 0) is 111 Å². The number of hydrogen-bond acceptors (Lipinski definition) is 9. The van der Waals surface area contributed by atoms with E-state index in [4.69, 9.17) is 4.74 Å². The fourth-order valence-electron chi connectivity index (χ4n) is 7.74. The molecule has 0 spiro atoms. The number of likely N-dealkylation sites (tertiary alicyclic amines) is 2. The van der Waals surface area contributed by atoms with E-state index >= 15 is 0 Å². The number of imidazole rings is 1. The number of ether oxygens (including phenoxy) is 1. The molecule has 2 fully saturated rings. The number of rotatable bonds is 6. The van der Waals surface area contributed by atoms with Gasteiger partial charge in [-0.2, -0.15) is 52.7 Å². The average molecular weight is 1100 g/mol. The molecule has 0 radical (unpaired) electrons. The molecule has 2 saturated heterocycles. The summed E-state index contributed by atoms with van der Waals surface area (Å²) in [5.74, 6) is -0.226. The van der Waals surface area contributed by atoms with Gasteiger partial charge in [0.2, 0.25) is 5.91 Å². The third kappa shape index (κ3) is 12.8. The summed E-state index contributed by atoms with van der Waals surface area (Å²) in [4.78, 5) is 45.6. The molecule has 25 heteroatoms. The lowest BCUT2D eigenvalue weighted by Crippen LogP contribution is -2.41. The molecule has 376 valence electrons. The summed E-state index contributed by atoms with van der Waals surface area (Å²) in [6.45, 7) is 7.14. The predicted molar refractivity (Wildman–Crippen MR) is 239 cm³/mol. The Morgan fingerprint density at radius 3 is 1.70 bits per heavy atom. The van der Waals surface area contributed by atoms with Gasteiger partial charge < -0.3 is 19.1 Å². The van der Waals surface area contributed by atoms with Crippen molar-refractivity contribution in [1.29, 1.82) is 0 Å². The molecule has 6 aromatic rings. The van der Waals surface area contributed by atoms with Gasteiger partial charge in [0, 0.05) is 60.7 Å². The first-order chi connectivity index (χ1) is 32.5. The van der Waals surface area contributed by atoms with E-state index in [-0.39, 0.29) is 58.9 Å². The Labute approximate surface area is 407 Å². The Balaban J connectivity index is 0.000000210. The maximum absolute atomic E-state index is 13.3. The van der Waals surface area contributed by atoms with Crippen molar-refractivity contribution in [2.75, 3.05) is 26.2 Å². The summed E-state index contributed by atoms with van der Waals surface area (Å²) in [7, 11) is 0. The Hall–Kier alpha value is -5.30. The summed E-state index contributed by atoms with van der Waals surface area (Å²) in [5.41, 5.74) is -5.25. The van der Waals surface area contributed by atoms with Crippen molar-refractivity contribution in [2.24, 2.45) is 0 Å². The van der Waals surface area contributed by atoms with E-state index in [9.17, 15) is 62.3 Å². The number of aromatic nitrogens is 5. The molecule has 0 saturated carbocycles. The van der Waals surface area contributed by atoms with E-state index in [2.05, 4.69) is 35.9 Å². The molecule has 10 nitrogen and oxygen atoms in total. The first kappa shape index (κ1) is 52.5. The van der Waals surface area contributed by atoms with Gasteiger partial charge in [-0.25, -0.2) is 24.7 Å². The van der Waals surface area contributed by atoms with Crippen LogP contribution in [0.3, 0.4) is 0 Å². The van der Waals surface area contributed by atoms with Crippen molar-refractivity contribution in [3.63, 3.8) is 0 Å². The number of piperidine rings is 2. The normalized spacial score (nSPS) is 15.8. The number of alkyl halides is 12. The highest BCUT2D eigenvalue weighted by Gasteiger charge is 2.39. The standard InChI is InChI=1S/C24H18BrF6N5OS.C21H22F6N2O2S/c25-20-19(14-8-15(23(26,27)28)10-16(9-14)24(29,30)31)34-22(38-20)13-3-6-35(7-4-13)18(37)11-36-12-33-17-2-1-5-32-21(17)36;1-19(2,3)31-18(30)29-6-4-12(5-7-29)17-28-16(11-32-17)13-8-14(20(22,23)24)10-15(9-13)21(25,26)27/h1-2,5,8-10,12-13H,3-4,6-7,11H2;8-12H,4-7H2,1-3H3. The minimum atomic E-state index is -4.94. The van der Waals surface area contributed by atoms with Crippen molar-refractivity contribution < 1.29 is 67.0 Å². The molecule has 70 heavy (non-hydrogen) atoms. The Kier molecular flexibility index (Phi) is 15.1. The number of halogens is 13. The minimum Gasteiger partial charge on any atom is -0.444 e. The van der Waals surface area contributed by atoms with Crippen LogP contribution in [0.4, 0.5) is 57.5 Å². The van der Waals surface area contributed by atoms with Gasteiger partial charge >= 0.3 is 30.8 Å². The number of benzene rings is 2. The fourth-order valence-corrected chi connectivity index (χ4v) is 10.5. The van der Waals surface area contributed by atoms with Crippen LogP contribution in [0.25, 0.3) is 33.7 Å². The van der Waals surface area contributed by atoms with Crippen LogP contribution in [0.15, 0.2) is 70.2 Å². The maximum atomic E-state index is 13.3. The third-order valence-corrected chi connectivity index (χ3v) is 14.1. The van der Waals surface area contributed by atoms with Gasteiger partial charge in [0.15, 0.2) is 5.65 Å². The lowest BCUT2D eigenvalue weighted by molar-refractivity contribution is -0.144. The molecule has 6 heterocycles. The van der Waals surface area contributed by atoms with Gasteiger partial charge in [0.05, 0.1) is 53.8 Å². The van der Waals surface area contributed by atoms with Crippen molar-refractivity contribution in [3.05, 3.63) is 102 Å². The van der Waals surface area contributed by atoms with Crippen LogP contribution < -0.4 is 0 Å². The summed E-state index contributed by atoms with van der Waals surface area (Å²) >= 11 is 5.64. The number of nitrogens with zero attached hydrogens (tertiary/aromatic N) is 7. The van der Waals surface area contributed by atoms with Crippen LogP contribution >= 0.6 is 38.6 Å². The van der Waals surface area contributed by atoms with Crippen LogP contribution in [-0.2, 0) is 40.8 Å². The van der Waals surface area contributed by atoms with Gasteiger partial charge in [-0.3, -0.25) is 4.79 Å². The summed E-state index contributed by atoms with van der Waals surface area (Å²) < 4.78 is 166. The highest BCUT2D eigenvalue weighted by Crippen LogP contribution is 2.44. The molecule has 0 bridgehead atoms. The number of amides is 2. The highest BCUT2D eigenvalue weighted by atomic mass is 79.9. The SMILES string of the molecule is CC(C)(C)OC(=O)N1CCC(c2nc(-c3cc(C(F)(F)F)cc(C(F)(F)F)c3)cs2)CC1.O=C(Cn1cnc2cccnc21)N1CCC(c2nc(-c3cc(C(F)(F)F)cc(C(F)(F)F)c3)c(Br)s2)CC1. The first-order valence-electron chi connectivity index (χ1n) is 21.3. The van der Waals surface area contributed by atoms with E-state index in [0.717, 1.165) is 0 Å². The summed E-state index contributed by atoms with van der Waals surface area (Å²) in [6.07, 6.45) is -14.7. The number of fused-ring (bicyclic) bond motifs is 1. The van der Waals surface area contributed by atoms with Crippen molar-refractivity contribution in [1.82, 2.24) is 34.3 Å². The fraction of sp³-hybridized carbons (Fsp3) is 0.422. The molecule has 8 rings (SSSR count). The maximum Gasteiger partial charge on any atom is 0.416 e. The molecule has 2 aliphatic heterocycles. The smallest absolute Gasteiger partial charge is 0.416 e. The first-order valence-corrected chi connectivity index (χ1v) is 23.8. The van der Waals surface area contributed by atoms with Crippen molar-refractivity contribution >= 4 is 61.8 Å². The number of carbonyl (C=O) groups excluding carboxylic acids is 2. The highest BCUT2D eigenvalue weighted by molar-refractivity contribution is 9.11. The van der Waals surface area contributed by atoms with Gasteiger partial charge in [-0.1, -0.05) is 0 Å². The molecule has 0 N–H and O–H groups in total. The summed E-state index contributed by atoms with van der Waals surface area (Å²) in [5, 5.41) is 2.68. The average Bonchev–Trinajstić information content (AvgIpc) is 4.04. The van der Waals surface area contributed by atoms with Gasteiger partial charge in [-0.15, -0.1) is 22.7 Å². The van der Waals surface area contributed by atoms with E-state index in [0.29, 0.717) is 101 Å². The minimum absolute atomic E-state index is 0.0274. The summed E-state index contributed by atoms with van der Waals surface area (Å²) in [6, 6.07) is 6.47. The molecule has 2 aromatic carbocycles. The van der Waals surface area contributed by atoms with Crippen LogP contribution in [0, 0.1) is 0 Å². The second-order valence-electron chi connectivity index (χ2n) is 17.4. The monoisotopic (exact) mass is 1100 g/mol. The molecule has 0 aliphatic carbocycles. The number of hydrogen-bond donors (Lipinski definition) is 0. The molecule has 4 aromatic heterocycles. The molecule has 2 amide bonds. The zero-order chi connectivity index (χ0) is 51.1. The van der Waals surface area contributed by atoms with Crippen LogP contribution in [0.5, 0.6) is 0 Å². The van der Waals surface area contributed by atoms with Crippen LogP contribution in [0.1, 0.15) is 90.6 Å². The van der Waals surface area contributed by atoms with E-state index < -0.39 is 58.7 Å². The Morgan fingerprint density at radius 1 is 0.686 bits per heavy atom. The largest absolute Gasteiger partial charge is 0.444 e. The zero-order valence-corrected chi connectivity index (χ0v) is 40.2. The van der Waals surface area contributed by atoms with E-state index in [1.807, 2.05) is 0 Å². The lowest BCUT2D eigenvalue weighted by Gasteiger charge is -2.32. The lowest BCUT2D eigenvalue weighted by atomic mass is 9.97. The van der Waals surface area contributed by atoms with Gasteiger partial charge in [0.25, 0.3) is 0 Å². The van der Waals surface area contributed by atoms with E-state index in [1.165, 1.54) is 28.1 Å². The quantitative estimate of drug-likeness (QED) is 0.153. The molecule has 0 atom stereocenters. The van der Waals surface area contributed by atoms with Crippen molar-refractivity contribution in [2.45, 2.75) is 95.1 Å². The number of pyridine rings is 1. The van der Waals surface area contributed by atoms with Crippen LogP contribution in [-0.4, -0.2) is 78.1 Å². The number of thiazole rings is 2. The molecular weight excluding hydrogens is 1060 g/mol. The van der Waals surface area contributed by atoms with Crippen molar-refractivity contribution in [3.8, 4) is 22.5 Å². The predicted octanol–water partition coefficient (Wildman–Crippen LogP) is 13.7. The van der Waals surface area contributed by atoms with Crippen LogP contribution in [0.2, 0.25) is 0 Å². The zero-order valence-electron chi connectivity index (χ0n) is 37.0. The second-order valence-corrected chi connectivity index (χ2v) is 20.7. The molecule has 0 unspecified atom stereocenters. The molecular formula is C45H40BrF12N7O3S2. The van der Waals surface area contributed by atoms with Gasteiger partial charge in [0.1, 0.15) is 17.7 Å². The Morgan fingerprint density at radius 2 is 1.19 bits per heavy atom.